The van der Waals surface area contributed by atoms with E-state index in [1.165, 1.54) is 11.5 Å². The van der Waals surface area contributed by atoms with Gasteiger partial charge in [-0.15, -0.1) is 5.10 Å². The quantitative estimate of drug-likeness (QED) is 0.674. The van der Waals surface area contributed by atoms with Gasteiger partial charge in [0.25, 0.3) is 0 Å². The molecule has 0 saturated carbocycles. The van der Waals surface area contributed by atoms with Crippen molar-refractivity contribution in [2.45, 2.75) is 0 Å². The van der Waals surface area contributed by atoms with Crippen LogP contribution in [0.2, 0.25) is 0 Å². The maximum Gasteiger partial charge on any atom is 0.106 e. The number of rotatable bonds is 0. The van der Waals surface area contributed by atoms with E-state index in [-0.39, 0.29) is 0 Å². The summed E-state index contributed by atoms with van der Waals surface area (Å²) in [6.07, 6.45) is 0. The summed E-state index contributed by atoms with van der Waals surface area (Å²) in [6, 6.07) is 5.92. The van der Waals surface area contributed by atoms with Crippen LogP contribution in [0, 0.1) is 0 Å². The molecule has 0 unspecified atom stereocenters. The van der Waals surface area contributed by atoms with Gasteiger partial charge in [-0.3, -0.25) is 0 Å². The zero-order valence-electron chi connectivity index (χ0n) is 4.91. The fourth-order valence-electron chi connectivity index (χ4n) is 0.752. The second kappa shape index (κ2) is 2.29. The van der Waals surface area contributed by atoms with E-state index in [0.29, 0.717) is 0 Å². The van der Waals surface area contributed by atoms with Crippen LogP contribution in [-0.2, 0) is 0 Å². The Labute approximate surface area is 70.2 Å². The summed E-state index contributed by atoms with van der Waals surface area (Å²) >= 11 is 4.78. The van der Waals surface area contributed by atoms with Crippen LogP contribution in [-0.4, -0.2) is 9.59 Å². The van der Waals surface area contributed by atoms with Crippen molar-refractivity contribution in [3.63, 3.8) is 0 Å². The highest BCUT2D eigenvalue weighted by atomic mass is 79.9. The fourth-order valence-corrected chi connectivity index (χ4v) is 1.86. The molecule has 0 amide bonds. The summed E-state index contributed by atoms with van der Waals surface area (Å²) in [5.41, 5.74) is 0.966. The Morgan fingerprint density at radius 1 is 1.40 bits per heavy atom. The van der Waals surface area contributed by atoms with Crippen molar-refractivity contribution in [1.29, 1.82) is 0 Å². The van der Waals surface area contributed by atoms with Crippen molar-refractivity contribution in [3.05, 3.63) is 22.7 Å². The van der Waals surface area contributed by atoms with Crippen LogP contribution < -0.4 is 0 Å². The minimum atomic E-state index is 0.966. The molecule has 1 aromatic carbocycles. The molecule has 0 atom stereocenters. The first-order chi connectivity index (χ1) is 4.86. The molecule has 1 heterocycles. The van der Waals surface area contributed by atoms with Crippen LogP contribution in [0.3, 0.4) is 0 Å². The molecule has 10 heavy (non-hydrogen) atoms. The van der Waals surface area contributed by atoms with E-state index in [9.17, 15) is 0 Å². The van der Waals surface area contributed by atoms with Gasteiger partial charge in [-0.05, 0) is 29.7 Å². The molecule has 0 fully saturated rings. The molecule has 2 rings (SSSR count). The molecular formula is C6H3BrN2S. The van der Waals surface area contributed by atoms with Gasteiger partial charge in [-0.2, -0.15) is 0 Å². The standard InChI is InChI=1S/C6H3BrN2S/c7-4-1-2-5-6(3-4)10-9-8-5/h1-3H. The van der Waals surface area contributed by atoms with Gasteiger partial charge in [-0.1, -0.05) is 20.4 Å². The van der Waals surface area contributed by atoms with Crippen LogP contribution in [0.25, 0.3) is 10.2 Å². The lowest BCUT2D eigenvalue weighted by atomic mass is 10.3. The zero-order chi connectivity index (χ0) is 6.97. The molecule has 2 nitrogen and oxygen atoms in total. The maximum atomic E-state index is 3.91. The van der Waals surface area contributed by atoms with E-state index in [2.05, 4.69) is 25.5 Å². The first-order valence-electron chi connectivity index (χ1n) is 2.74. The van der Waals surface area contributed by atoms with Crippen LogP contribution >= 0.6 is 27.5 Å². The highest BCUT2D eigenvalue weighted by Crippen LogP contribution is 2.19. The molecule has 0 aliphatic rings. The van der Waals surface area contributed by atoms with Crippen LogP contribution in [0.4, 0.5) is 0 Å². The Balaban J connectivity index is 2.86. The minimum Gasteiger partial charge on any atom is -0.138 e. The average Bonchev–Trinajstić information content (AvgIpc) is 2.33. The minimum absolute atomic E-state index is 0.966. The molecule has 2 aromatic rings. The molecule has 4 heteroatoms. The first kappa shape index (κ1) is 6.24. The fraction of sp³-hybridized carbons (Fsp3) is 0. The number of nitrogens with zero attached hydrogens (tertiary/aromatic N) is 2. The third kappa shape index (κ3) is 0.932. The molecular weight excluding hydrogens is 212 g/mol. The molecule has 0 N–H and O–H groups in total. The normalized spacial score (nSPS) is 10.5. The van der Waals surface area contributed by atoms with Crippen molar-refractivity contribution in [1.82, 2.24) is 9.59 Å². The second-order valence-electron chi connectivity index (χ2n) is 1.88. The Kier molecular flexibility index (Phi) is 1.43. The molecule has 0 aliphatic carbocycles. The Hall–Kier alpha value is -0.480. The Morgan fingerprint density at radius 2 is 2.30 bits per heavy atom. The molecule has 0 saturated heterocycles. The van der Waals surface area contributed by atoms with Gasteiger partial charge in [0, 0.05) is 4.47 Å². The van der Waals surface area contributed by atoms with Crippen molar-refractivity contribution >= 4 is 37.7 Å². The van der Waals surface area contributed by atoms with E-state index in [1.807, 2.05) is 18.2 Å². The van der Waals surface area contributed by atoms with Crippen LogP contribution in [0.15, 0.2) is 22.7 Å². The monoisotopic (exact) mass is 214 g/mol. The lowest BCUT2D eigenvalue weighted by molar-refractivity contribution is 1.20. The highest BCUT2D eigenvalue weighted by Gasteiger charge is 1.96. The molecule has 0 spiro atoms. The number of fused-ring (bicyclic) bond motifs is 1. The molecule has 0 aliphatic heterocycles. The molecule has 0 bridgehead atoms. The summed E-state index contributed by atoms with van der Waals surface area (Å²) in [6.45, 7) is 0. The summed E-state index contributed by atoms with van der Waals surface area (Å²) in [5, 5.41) is 3.91. The Morgan fingerprint density at radius 3 is 3.20 bits per heavy atom. The highest BCUT2D eigenvalue weighted by molar-refractivity contribution is 9.10. The largest absolute Gasteiger partial charge is 0.138 e. The zero-order valence-corrected chi connectivity index (χ0v) is 7.32. The van der Waals surface area contributed by atoms with E-state index in [0.717, 1.165) is 14.7 Å². The lowest BCUT2D eigenvalue weighted by Gasteiger charge is -1.85. The van der Waals surface area contributed by atoms with Gasteiger partial charge in [-0.25, -0.2) is 0 Å². The molecule has 1 aromatic heterocycles. The van der Waals surface area contributed by atoms with Gasteiger partial charge < -0.3 is 0 Å². The van der Waals surface area contributed by atoms with Crippen molar-refractivity contribution in [2.24, 2.45) is 0 Å². The smallest absolute Gasteiger partial charge is 0.106 e. The van der Waals surface area contributed by atoms with Gasteiger partial charge in [0.2, 0.25) is 0 Å². The maximum absolute atomic E-state index is 3.91. The van der Waals surface area contributed by atoms with Crippen molar-refractivity contribution in [3.8, 4) is 0 Å². The number of halogens is 1. The van der Waals surface area contributed by atoms with Crippen molar-refractivity contribution < 1.29 is 0 Å². The summed E-state index contributed by atoms with van der Waals surface area (Å²) in [5.74, 6) is 0. The number of benzene rings is 1. The van der Waals surface area contributed by atoms with Crippen LogP contribution in [0.1, 0.15) is 0 Å². The van der Waals surface area contributed by atoms with E-state index in [1.54, 1.807) is 0 Å². The summed E-state index contributed by atoms with van der Waals surface area (Å²) < 4.78 is 6.01. The van der Waals surface area contributed by atoms with Crippen LogP contribution in [0.5, 0.6) is 0 Å². The Bertz CT molecular complexity index is 357. The number of aromatic nitrogens is 2. The lowest BCUT2D eigenvalue weighted by Crippen LogP contribution is -1.66. The second-order valence-corrected chi connectivity index (χ2v) is 3.59. The van der Waals surface area contributed by atoms with Gasteiger partial charge in [0.05, 0.1) is 4.70 Å². The first-order valence-corrected chi connectivity index (χ1v) is 4.30. The average molecular weight is 215 g/mol. The van der Waals surface area contributed by atoms with E-state index < -0.39 is 0 Å². The van der Waals surface area contributed by atoms with E-state index >= 15 is 0 Å². The summed E-state index contributed by atoms with van der Waals surface area (Å²) in [4.78, 5) is 0. The topological polar surface area (TPSA) is 25.8 Å². The SMILES string of the molecule is Brc1ccc2nnsc2c1. The molecule has 50 valence electrons. The summed E-state index contributed by atoms with van der Waals surface area (Å²) in [7, 11) is 0. The third-order valence-corrected chi connectivity index (χ3v) is 2.39. The number of hydrogen-bond donors (Lipinski definition) is 0. The van der Waals surface area contributed by atoms with Crippen molar-refractivity contribution in [2.75, 3.05) is 0 Å². The van der Waals surface area contributed by atoms with Gasteiger partial charge in [0.15, 0.2) is 0 Å². The van der Waals surface area contributed by atoms with Gasteiger partial charge >= 0.3 is 0 Å². The molecule has 0 radical (unpaired) electrons. The predicted octanol–water partition coefficient (Wildman–Crippen LogP) is 2.45. The number of hydrogen-bond acceptors (Lipinski definition) is 3. The predicted molar refractivity (Wildman–Crippen MR) is 45.1 cm³/mol. The van der Waals surface area contributed by atoms with E-state index in [4.69, 9.17) is 0 Å². The third-order valence-electron chi connectivity index (χ3n) is 1.21. The van der Waals surface area contributed by atoms with Gasteiger partial charge in [0.1, 0.15) is 5.52 Å².